The first-order valence-corrected chi connectivity index (χ1v) is 8.54. The highest BCUT2D eigenvalue weighted by atomic mass is 19.1. The van der Waals surface area contributed by atoms with Gasteiger partial charge in [0.1, 0.15) is 29.0 Å². The predicted octanol–water partition coefficient (Wildman–Crippen LogP) is 3.43. The molecule has 0 atom stereocenters. The highest BCUT2D eigenvalue weighted by molar-refractivity contribution is 5.81. The van der Waals surface area contributed by atoms with Crippen LogP contribution in [0.5, 0.6) is 5.75 Å². The summed E-state index contributed by atoms with van der Waals surface area (Å²) in [5.41, 5.74) is 1.92. The van der Waals surface area contributed by atoms with Gasteiger partial charge < -0.3 is 4.74 Å². The fourth-order valence-corrected chi connectivity index (χ4v) is 2.53. The zero-order valence-corrected chi connectivity index (χ0v) is 15.2. The largest absolute Gasteiger partial charge is 0.494 e. The first-order chi connectivity index (χ1) is 14.0. The van der Waals surface area contributed by atoms with Crippen LogP contribution in [0.2, 0.25) is 0 Å². The number of aromatic amines is 1. The molecule has 0 fully saturated rings. The van der Waals surface area contributed by atoms with Gasteiger partial charge in [-0.25, -0.2) is 19.2 Å². The Morgan fingerprint density at radius 3 is 2.59 bits per heavy atom. The van der Waals surface area contributed by atoms with Crippen LogP contribution in [-0.2, 0) is 0 Å². The molecular weight excluding hydrogens is 380 g/mol. The van der Waals surface area contributed by atoms with Crippen LogP contribution < -0.4 is 15.7 Å². The molecule has 146 valence electrons. The smallest absolute Gasteiger partial charge is 0.270 e. The number of hydrogen-bond donors (Lipinski definition) is 2. The van der Waals surface area contributed by atoms with Crippen molar-refractivity contribution in [3.05, 3.63) is 75.6 Å². The molecular formula is C20H15F2N5O2. The number of aromatic nitrogens is 2. The fraction of sp³-hybridized carbons (Fsp3) is 0.100. The summed E-state index contributed by atoms with van der Waals surface area (Å²) in [5.74, 6) is -1.73. The maximum atomic E-state index is 14.1. The second-order valence-electron chi connectivity index (χ2n) is 5.72. The quantitative estimate of drug-likeness (QED) is 0.492. The third kappa shape index (κ3) is 4.44. The average molecular weight is 395 g/mol. The van der Waals surface area contributed by atoms with E-state index < -0.39 is 17.2 Å². The lowest BCUT2D eigenvalue weighted by Gasteiger charge is -2.07. The Balaban J connectivity index is 1.89. The maximum Gasteiger partial charge on any atom is 0.270 e. The van der Waals surface area contributed by atoms with Gasteiger partial charge in [-0.15, -0.1) is 0 Å². The zero-order chi connectivity index (χ0) is 20.8. The second kappa shape index (κ2) is 8.75. The molecule has 0 bridgehead atoms. The van der Waals surface area contributed by atoms with E-state index in [1.54, 1.807) is 37.3 Å². The Morgan fingerprint density at radius 2 is 1.97 bits per heavy atom. The van der Waals surface area contributed by atoms with Crippen LogP contribution >= 0.6 is 0 Å². The maximum absolute atomic E-state index is 14.1. The summed E-state index contributed by atoms with van der Waals surface area (Å²) >= 11 is 0. The van der Waals surface area contributed by atoms with Crippen LogP contribution in [0.25, 0.3) is 11.3 Å². The topological polar surface area (TPSA) is 103 Å². The molecule has 0 aliphatic carbocycles. The van der Waals surface area contributed by atoms with E-state index in [0.717, 1.165) is 18.3 Å². The van der Waals surface area contributed by atoms with Crippen molar-refractivity contribution in [1.82, 2.24) is 9.97 Å². The molecule has 0 aliphatic heterocycles. The number of nitrogens with one attached hydrogen (secondary N) is 2. The van der Waals surface area contributed by atoms with E-state index >= 15 is 0 Å². The molecule has 1 aromatic heterocycles. The zero-order valence-electron chi connectivity index (χ0n) is 15.2. The Morgan fingerprint density at radius 1 is 1.28 bits per heavy atom. The molecule has 0 amide bonds. The molecule has 7 nitrogen and oxygen atoms in total. The molecule has 2 N–H and O–H groups in total. The normalized spacial score (nSPS) is 10.7. The first kappa shape index (κ1) is 19.7. The summed E-state index contributed by atoms with van der Waals surface area (Å²) in [6.07, 6.45) is 0.917. The molecule has 9 heteroatoms. The van der Waals surface area contributed by atoms with Gasteiger partial charge in [0.2, 0.25) is 5.95 Å². The Labute approximate surface area is 164 Å². The van der Waals surface area contributed by atoms with E-state index in [0.29, 0.717) is 5.56 Å². The molecule has 0 saturated carbocycles. The van der Waals surface area contributed by atoms with Gasteiger partial charge in [0.25, 0.3) is 5.56 Å². The van der Waals surface area contributed by atoms with E-state index in [9.17, 15) is 18.8 Å². The van der Waals surface area contributed by atoms with E-state index in [2.05, 4.69) is 20.5 Å². The molecule has 1 heterocycles. The molecule has 0 aliphatic rings. The molecule has 0 spiro atoms. The first-order valence-electron chi connectivity index (χ1n) is 8.54. The summed E-state index contributed by atoms with van der Waals surface area (Å²) in [4.78, 5) is 18.7. The summed E-state index contributed by atoms with van der Waals surface area (Å²) in [6.45, 7) is 1.97. The summed E-state index contributed by atoms with van der Waals surface area (Å²) < 4.78 is 33.2. The fourth-order valence-electron chi connectivity index (χ4n) is 2.53. The Bertz CT molecular complexity index is 1130. The minimum atomic E-state index is -0.856. The summed E-state index contributed by atoms with van der Waals surface area (Å²) in [7, 11) is 0. The van der Waals surface area contributed by atoms with Crippen molar-refractivity contribution >= 4 is 12.2 Å². The van der Waals surface area contributed by atoms with Gasteiger partial charge in [-0.1, -0.05) is 30.3 Å². The van der Waals surface area contributed by atoms with Crippen LogP contribution in [0, 0.1) is 23.0 Å². The van der Waals surface area contributed by atoms with Gasteiger partial charge in [0.05, 0.1) is 24.1 Å². The molecule has 0 saturated heterocycles. The molecule has 0 radical (unpaired) electrons. The minimum Gasteiger partial charge on any atom is -0.494 e. The van der Waals surface area contributed by atoms with E-state index in [-0.39, 0.29) is 35.1 Å². The molecule has 3 rings (SSSR count). The van der Waals surface area contributed by atoms with Crippen molar-refractivity contribution in [2.45, 2.75) is 6.92 Å². The van der Waals surface area contributed by atoms with Gasteiger partial charge in [-0.3, -0.25) is 9.78 Å². The number of nitriles is 1. The predicted molar refractivity (Wildman–Crippen MR) is 104 cm³/mol. The van der Waals surface area contributed by atoms with Crippen molar-refractivity contribution in [2.75, 3.05) is 12.0 Å². The number of benzene rings is 2. The number of rotatable bonds is 6. The van der Waals surface area contributed by atoms with Crippen LogP contribution in [0.4, 0.5) is 14.7 Å². The summed E-state index contributed by atoms with van der Waals surface area (Å²) in [6, 6.07) is 12.6. The van der Waals surface area contributed by atoms with Crippen LogP contribution in [0.3, 0.4) is 0 Å². The minimum absolute atomic E-state index is 0.0678. The third-order valence-electron chi connectivity index (χ3n) is 3.81. The Kier molecular flexibility index (Phi) is 5.94. The van der Waals surface area contributed by atoms with Crippen molar-refractivity contribution < 1.29 is 13.5 Å². The molecule has 0 unspecified atom stereocenters. The van der Waals surface area contributed by atoms with Gasteiger partial charge in [0, 0.05) is 17.7 Å². The van der Waals surface area contributed by atoms with Gasteiger partial charge in [0.15, 0.2) is 0 Å². The highest BCUT2D eigenvalue weighted by Gasteiger charge is 2.13. The van der Waals surface area contributed by atoms with Crippen molar-refractivity contribution in [3.63, 3.8) is 0 Å². The van der Waals surface area contributed by atoms with E-state index in [4.69, 9.17) is 4.74 Å². The van der Waals surface area contributed by atoms with Crippen molar-refractivity contribution in [2.24, 2.45) is 5.10 Å². The number of H-pyrrole nitrogens is 1. The second-order valence-corrected chi connectivity index (χ2v) is 5.72. The lowest BCUT2D eigenvalue weighted by atomic mass is 10.1. The monoisotopic (exact) mass is 395 g/mol. The number of hydrazone groups is 1. The average Bonchev–Trinajstić information content (AvgIpc) is 2.70. The molecule has 29 heavy (non-hydrogen) atoms. The van der Waals surface area contributed by atoms with E-state index in [1.807, 2.05) is 6.07 Å². The number of ether oxygens (including phenoxy) is 1. The lowest BCUT2D eigenvalue weighted by molar-refractivity contribution is 0.336. The van der Waals surface area contributed by atoms with Gasteiger partial charge in [-0.05, 0) is 6.92 Å². The van der Waals surface area contributed by atoms with Crippen LogP contribution in [0.1, 0.15) is 18.1 Å². The summed E-state index contributed by atoms with van der Waals surface area (Å²) in [5, 5.41) is 13.0. The number of hydrogen-bond acceptors (Lipinski definition) is 6. The molecule has 3 aromatic rings. The number of nitrogens with zero attached hydrogens (tertiary/aromatic N) is 3. The SMILES string of the molecule is CCOc1cc(F)c(C=NNc2nc(-c3ccccc3)c(C#N)c(=O)[nH]2)c(F)c1. The third-order valence-corrected chi connectivity index (χ3v) is 3.81. The lowest BCUT2D eigenvalue weighted by Crippen LogP contribution is -2.16. The van der Waals surface area contributed by atoms with Gasteiger partial charge >= 0.3 is 0 Å². The van der Waals surface area contributed by atoms with E-state index in [1.165, 1.54) is 0 Å². The number of anilines is 1. The highest BCUT2D eigenvalue weighted by Crippen LogP contribution is 2.21. The van der Waals surface area contributed by atoms with Gasteiger partial charge in [-0.2, -0.15) is 10.4 Å². The van der Waals surface area contributed by atoms with Crippen LogP contribution in [0.15, 0.2) is 52.4 Å². The molecule has 2 aromatic carbocycles. The van der Waals surface area contributed by atoms with Crippen molar-refractivity contribution in [1.29, 1.82) is 5.26 Å². The Hall–Kier alpha value is -4.06. The van der Waals surface area contributed by atoms with Crippen LogP contribution in [-0.4, -0.2) is 22.8 Å². The number of halogens is 2. The standard InChI is InChI=1S/C20H15F2N5O2/c1-2-29-13-8-16(21)15(17(22)9-13)11-24-27-20-25-18(12-6-4-3-5-7-12)14(10-23)19(28)26-20/h3-9,11H,2H2,1H3,(H2,25,26,27,28). The van der Waals surface area contributed by atoms with Crippen molar-refractivity contribution in [3.8, 4) is 23.1 Å².